The summed E-state index contributed by atoms with van der Waals surface area (Å²) in [5.74, 6) is 0. The van der Waals surface area contributed by atoms with Gasteiger partial charge in [-0.05, 0) is 69.4 Å². The van der Waals surface area contributed by atoms with Crippen LogP contribution >= 0.6 is 7.14 Å². The van der Waals surface area contributed by atoms with E-state index in [0.29, 0.717) is 0 Å². The maximum absolute atomic E-state index is 15.3. The van der Waals surface area contributed by atoms with Crippen molar-refractivity contribution in [3.8, 4) is 22.3 Å². The third-order valence-corrected chi connectivity index (χ3v) is 14.1. The van der Waals surface area contributed by atoms with Gasteiger partial charge in [0, 0.05) is 32.1 Å². The zero-order chi connectivity index (χ0) is 36.5. The molecule has 3 heterocycles. The Morgan fingerprint density at radius 1 is 0.382 bits per heavy atom. The first-order valence-electron chi connectivity index (χ1n) is 18.5. The van der Waals surface area contributed by atoms with E-state index in [-0.39, 0.29) is 0 Å². The fourth-order valence-corrected chi connectivity index (χ4v) is 10.9. The van der Waals surface area contributed by atoms with Crippen LogP contribution in [0.5, 0.6) is 0 Å². The van der Waals surface area contributed by atoms with Crippen molar-refractivity contribution in [3.05, 3.63) is 194 Å². The van der Waals surface area contributed by atoms with Crippen LogP contribution in [0.2, 0.25) is 0 Å². The van der Waals surface area contributed by atoms with Crippen LogP contribution in [0.3, 0.4) is 0 Å². The van der Waals surface area contributed by atoms with Gasteiger partial charge < -0.3 is 4.57 Å². The lowest BCUT2D eigenvalue weighted by molar-refractivity contribution is 0.592. The number of fused-ring (bicyclic) bond motifs is 10. The van der Waals surface area contributed by atoms with Crippen LogP contribution in [0.15, 0.2) is 194 Å². The van der Waals surface area contributed by atoms with Gasteiger partial charge in [0.25, 0.3) is 0 Å². The summed E-state index contributed by atoms with van der Waals surface area (Å²) in [5.41, 5.74) is 10.4. The molecule has 1 unspecified atom stereocenters. The van der Waals surface area contributed by atoms with Gasteiger partial charge in [-0.25, -0.2) is 9.97 Å². The summed E-state index contributed by atoms with van der Waals surface area (Å²) < 4.78 is 17.5. The van der Waals surface area contributed by atoms with Crippen LogP contribution in [0.4, 0.5) is 0 Å². The van der Waals surface area contributed by atoms with Crippen molar-refractivity contribution in [1.82, 2.24) is 14.4 Å². The molecule has 8 aromatic carbocycles. The zero-order valence-electron chi connectivity index (χ0n) is 29.7. The Labute approximate surface area is 317 Å². The summed E-state index contributed by atoms with van der Waals surface area (Å²) >= 11 is 0. The first-order chi connectivity index (χ1) is 27.1. The molecule has 0 aliphatic heterocycles. The maximum atomic E-state index is 15.3. The number of rotatable bonds is 5. The highest BCUT2D eigenvalue weighted by Crippen LogP contribution is 2.43. The lowest BCUT2D eigenvalue weighted by Gasteiger charge is -2.21. The number of hydrogen-bond acceptors (Lipinski definition) is 3. The highest BCUT2D eigenvalue weighted by atomic mass is 31.2. The van der Waals surface area contributed by atoms with Gasteiger partial charge in [0.15, 0.2) is 7.14 Å². The lowest BCUT2D eigenvalue weighted by Crippen LogP contribution is -2.25. The lowest BCUT2D eigenvalue weighted by atomic mass is 9.98. The molecule has 55 heavy (non-hydrogen) atoms. The van der Waals surface area contributed by atoms with Crippen LogP contribution in [0.1, 0.15) is 0 Å². The fourth-order valence-electron chi connectivity index (χ4n) is 8.22. The molecule has 0 saturated carbocycles. The third-order valence-electron chi connectivity index (χ3n) is 11.0. The molecule has 0 N–H and O–H groups in total. The Morgan fingerprint density at radius 2 is 0.964 bits per heavy atom. The van der Waals surface area contributed by atoms with E-state index in [9.17, 15) is 0 Å². The SMILES string of the molecule is O=P(c1ccccc1)(c1ccc(-c2ccc(-c3ccc4c5nc6ccccc6cc5c5nc6ccccc6n5c4c3)cc2)cc1)c1ccc2ccccc2c1. The minimum absolute atomic E-state index is 0.818. The second-order valence-corrected chi connectivity index (χ2v) is 16.9. The smallest absolute Gasteiger partial charge is 0.171 e. The molecule has 0 bridgehead atoms. The Bertz CT molecular complexity index is 3330. The number of pyridine rings is 2. The molecule has 0 aliphatic carbocycles. The largest absolute Gasteiger partial charge is 0.309 e. The number of benzene rings is 8. The van der Waals surface area contributed by atoms with E-state index in [1.165, 1.54) is 0 Å². The van der Waals surface area contributed by atoms with Gasteiger partial charge in [0.05, 0.1) is 27.6 Å². The monoisotopic (exact) mass is 721 g/mol. The van der Waals surface area contributed by atoms with Crippen molar-refractivity contribution in [3.63, 3.8) is 0 Å². The van der Waals surface area contributed by atoms with Crippen molar-refractivity contribution in [2.24, 2.45) is 0 Å². The second kappa shape index (κ2) is 12.3. The normalized spacial score (nSPS) is 12.9. The van der Waals surface area contributed by atoms with Crippen molar-refractivity contribution < 1.29 is 4.57 Å². The van der Waals surface area contributed by atoms with Crippen molar-refractivity contribution in [2.45, 2.75) is 0 Å². The predicted octanol–water partition coefficient (Wildman–Crippen LogP) is 11.5. The Morgan fingerprint density at radius 3 is 1.75 bits per heavy atom. The van der Waals surface area contributed by atoms with Crippen LogP contribution in [0.25, 0.3) is 82.4 Å². The number of imidazole rings is 1. The van der Waals surface area contributed by atoms with E-state index in [0.717, 1.165) is 98.3 Å². The van der Waals surface area contributed by atoms with Gasteiger partial charge in [0.2, 0.25) is 0 Å². The molecule has 0 saturated heterocycles. The summed E-state index contributed by atoms with van der Waals surface area (Å²) in [4.78, 5) is 10.3. The molecule has 11 rings (SSSR count). The Balaban J connectivity index is 0.986. The van der Waals surface area contributed by atoms with Gasteiger partial charge in [0.1, 0.15) is 5.65 Å². The van der Waals surface area contributed by atoms with Crippen LogP contribution < -0.4 is 15.9 Å². The Kier molecular flexibility index (Phi) is 7.10. The number of aromatic nitrogens is 3. The standard InChI is InChI=1S/C50H32N3OP/c54-55(40-13-2-1-3-14-40,42-28-24-33-10-4-5-11-37(33)30-42)41-26-22-35(23-27-41)34-18-20-36(21-19-34)38-25-29-43-48(32-38)53-47-17-9-8-16-46(47)52-50(53)44-31-39-12-6-7-15-45(39)51-49(43)44/h1-32H. The maximum Gasteiger partial charge on any atom is 0.171 e. The average Bonchev–Trinajstić information content (AvgIpc) is 3.66. The molecule has 1 atom stereocenters. The van der Waals surface area contributed by atoms with Gasteiger partial charge in [-0.2, -0.15) is 0 Å². The molecular weight excluding hydrogens is 690 g/mol. The van der Waals surface area contributed by atoms with Crippen molar-refractivity contribution in [1.29, 1.82) is 0 Å². The highest BCUT2D eigenvalue weighted by molar-refractivity contribution is 7.85. The molecule has 0 amide bonds. The minimum Gasteiger partial charge on any atom is -0.309 e. The topological polar surface area (TPSA) is 47.3 Å². The molecule has 258 valence electrons. The first-order valence-corrected chi connectivity index (χ1v) is 20.2. The zero-order valence-corrected chi connectivity index (χ0v) is 30.6. The van der Waals surface area contributed by atoms with E-state index in [4.69, 9.17) is 9.97 Å². The third kappa shape index (κ3) is 5.03. The highest BCUT2D eigenvalue weighted by Gasteiger charge is 2.30. The van der Waals surface area contributed by atoms with E-state index >= 15 is 4.57 Å². The number of hydrogen-bond donors (Lipinski definition) is 0. The van der Waals surface area contributed by atoms with E-state index in [1.54, 1.807) is 0 Å². The quantitative estimate of drug-likeness (QED) is 0.101. The molecule has 0 fully saturated rings. The van der Waals surface area contributed by atoms with E-state index < -0.39 is 7.14 Å². The minimum atomic E-state index is -3.13. The van der Waals surface area contributed by atoms with Crippen LogP contribution in [0, 0.1) is 0 Å². The van der Waals surface area contributed by atoms with E-state index in [2.05, 4.69) is 126 Å². The van der Waals surface area contributed by atoms with Gasteiger partial charge in [-0.1, -0.05) is 158 Å². The second-order valence-electron chi connectivity index (χ2n) is 14.2. The average molecular weight is 722 g/mol. The summed E-state index contributed by atoms with van der Waals surface area (Å²) in [6.45, 7) is 0. The molecule has 3 aromatic heterocycles. The molecule has 5 heteroatoms. The van der Waals surface area contributed by atoms with E-state index in [1.807, 2.05) is 72.8 Å². The molecule has 0 aliphatic rings. The molecule has 4 nitrogen and oxygen atoms in total. The molecule has 11 aromatic rings. The van der Waals surface area contributed by atoms with Crippen molar-refractivity contribution in [2.75, 3.05) is 0 Å². The predicted molar refractivity (Wildman–Crippen MR) is 231 cm³/mol. The fraction of sp³-hybridized carbons (Fsp3) is 0. The summed E-state index contributed by atoms with van der Waals surface area (Å²) in [6.07, 6.45) is 0. The summed E-state index contributed by atoms with van der Waals surface area (Å²) in [7, 11) is -3.13. The van der Waals surface area contributed by atoms with Crippen LogP contribution in [-0.4, -0.2) is 14.4 Å². The first kappa shape index (κ1) is 31.6. The molecular formula is C50H32N3OP. The Hall–Kier alpha value is -6.87. The van der Waals surface area contributed by atoms with Crippen LogP contribution in [-0.2, 0) is 4.57 Å². The number of nitrogens with zero attached hydrogens (tertiary/aromatic N) is 3. The van der Waals surface area contributed by atoms with Gasteiger partial charge in [-0.15, -0.1) is 0 Å². The summed E-state index contributed by atoms with van der Waals surface area (Å²) in [6, 6.07) is 66.8. The van der Waals surface area contributed by atoms with Gasteiger partial charge in [-0.3, -0.25) is 4.40 Å². The molecule has 0 radical (unpaired) electrons. The summed E-state index contributed by atoms with van der Waals surface area (Å²) in [5, 5.41) is 7.94. The number of para-hydroxylation sites is 3. The van der Waals surface area contributed by atoms with Gasteiger partial charge >= 0.3 is 0 Å². The van der Waals surface area contributed by atoms with Crippen molar-refractivity contribution >= 4 is 83.2 Å². The molecule has 0 spiro atoms.